The second-order valence-corrected chi connectivity index (χ2v) is 5.16. The van der Waals surface area contributed by atoms with Crippen molar-refractivity contribution in [1.82, 2.24) is 0 Å². The molecular formula is C17H16O2. The Hall–Kier alpha value is -2.09. The van der Waals surface area contributed by atoms with Gasteiger partial charge in [-0.2, -0.15) is 0 Å². The summed E-state index contributed by atoms with van der Waals surface area (Å²) in [5.41, 5.74) is 2.91. The van der Waals surface area contributed by atoms with Crippen LogP contribution in [0.2, 0.25) is 0 Å². The Balaban J connectivity index is 1.94. The predicted molar refractivity (Wildman–Crippen MR) is 74.8 cm³/mol. The molecule has 3 rings (SSSR count). The van der Waals surface area contributed by atoms with E-state index in [2.05, 4.69) is 24.3 Å². The van der Waals surface area contributed by atoms with Crippen molar-refractivity contribution in [3.8, 4) is 11.1 Å². The first-order chi connectivity index (χ1) is 9.20. The Bertz CT molecular complexity index is 586. The smallest absolute Gasteiger partial charge is 0.316 e. The van der Waals surface area contributed by atoms with Gasteiger partial charge in [0.1, 0.15) is 0 Å². The lowest BCUT2D eigenvalue weighted by atomic mass is 9.81. The summed E-state index contributed by atoms with van der Waals surface area (Å²) in [4.78, 5) is 11.8. The van der Waals surface area contributed by atoms with Crippen LogP contribution in [0.3, 0.4) is 0 Å². The van der Waals surface area contributed by atoms with Crippen molar-refractivity contribution in [2.45, 2.75) is 18.8 Å². The van der Waals surface area contributed by atoms with Crippen LogP contribution < -0.4 is 0 Å². The molecule has 1 unspecified atom stereocenters. The molecule has 1 fully saturated rings. The quantitative estimate of drug-likeness (QED) is 0.764. The number of carbonyl (C=O) groups is 1. The molecule has 0 amide bonds. The van der Waals surface area contributed by atoms with Gasteiger partial charge in [-0.1, -0.05) is 54.6 Å². The predicted octanol–water partition coefficient (Wildman–Crippen LogP) is 3.56. The molecular weight excluding hydrogens is 236 g/mol. The molecule has 0 bridgehead atoms. The Morgan fingerprint density at radius 1 is 0.947 bits per heavy atom. The lowest BCUT2D eigenvalue weighted by Crippen LogP contribution is -2.27. The van der Waals surface area contributed by atoms with E-state index in [0.29, 0.717) is 6.61 Å². The molecule has 1 aliphatic rings. The van der Waals surface area contributed by atoms with Crippen LogP contribution in [-0.2, 0) is 14.9 Å². The molecule has 1 aliphatic heterocycles. The van der Waals surface area contributed by atoms with E-state index in [0.717, 1.165) is 12.0 Å². The number of carbonyl (C=O) groups excluding carboxylic acids is 1. The van der Waals surface area contributed by atoms with Crippen molar-refractivity contribution in [2.75, 3.05) is 6.61 Å². The molecule has 96 valence electrons. The van der Waals surface area contributed by atoms with Crippen molar-refractivity contribution in [2.24, 2.45) is 0 Å². The first-order valence-corrected chi connectivity index (χ1v) is 6.53. The van der Waals surface area contributed by atoms with Crippen LogP contribution in [0, 0.1) is 0 Å². The van der Waals surface area contributed by atoms with Crippen LogP contribution in [0.5, 0.6) is 0 Å². The summed E-state index contributed by atoms with van der Waals surface area (Å²) in [6, 6.07) is 18.4. The Kier molecular flexibility index (Phi) is 2.86. The molecule has 2 nitrogen and oxygen atoms in total. The molecule has 1 heterocycles. The van der Waals surface area contributed by atoms with Crippen LogP contribution in [0.1, 0.15) is 18.9 Å². The first-order valence-electron chi connectivity index (χ1n) is 6.53. The molecule has 2 heteroatoms. The standard InChI is InChI=1S/C17H16O2/c1-17(11-12-19-16(17)18)15-9-7-14(8-10-15)13-5-3-2-4-6-13/h2-10H,11-12H2,1H3. The first kappa shape index (κ1) is 12.0. The van der Waals surface area contributed by atoms with Crippen LogP contribution in [-0.4, -0.2) is 12.6 Å². The maximum atomic E-state index is 11.8. The van der Waals surface area contributed by atoms with Crippen LogP contribution >= 0.6 is 0 Å². The average molecular weight is 252 g/mol. The van der Waals surface area contributed by atoms with Gasteiger partial charge in [0.15, 0.2) is 0 Å². The molecule has 0 aromatic heterocycles. The van der Waals surface area contributed by atoms with Crippen LogP contribution in [0.15, 0.2) is 54.6 Å². The number of benzene rings is 2. The minimum Gasteiger partial charge on any atom is -0.465 e. The summed E-state index contributed by atoms with van der Waals surface area (Å²) in [6.45, 7) is 2.48. The van der Waals surface area contributed by atoms with Crippen molar-refractivity contribution < 1.29 is 9.53 Å². The highest BCUT2D eigenvalue weighted by Crippen LogP contribution is 2.34. The summed E-state index contributed by atoms with van der Waals surface area (Å²) in [5.74, 6) is -0.111. The molecule has 19 heavy (non-hydrogen) atoms. The van der Waals surface area contributed by atoms with Gasteiger partial charge >= 0.3 is 5.97 Å². The number of hydrogen-bond donors (Lipinski definition) is 0. The van der Waals surface area contributed by atoms with Crippen molar-refractivity contribution in [1.29, 1.82) is 0 Å². The zero-order chi connectivity index (χ0) is 13.3. The monoisotopic (exact) mass is 252 g/mol. The van der Waals surface area contributed by atoms with Gasteiger partial charge < -0.3 is 4.74 Å². The summed E-state index contributed by atoms with van der Waals surface area (Å²) in [6.07, 6.45) is 0.760. The lowest BCUT2D eigenvalue weighted by Gasteiger charge is -2.19. The molecule has 2 aromatic carbocycles. The highest BCUT2D eigenvalue weighted by molar-refractivity contribution is 5.84. The van der Waals surface area contributed by atoms with Crippen molar-refractivity contribution in [3.05, 3.63) is 60.2 Å². The molecule has 1 saturated heterocycles. The SMILES string of the molecule is CC1(c2ccc(-c3ccccc3)cc2)CCOC1=O. The molecule has 0 N–H and O–H groups in total. The van der Waals surface area contributed by atoms with Gasteiger partial charge in [0.05, 0.1) is 12.0 Å². The molecule has 0 radical (unpaired) electrons. The minimum absolute atomic E-state index is 0.111. The van der Waals surface area contributed by atoms with E-state index < -0.39 is 5.41 Å². The fraction of sp³-hybridized carbons (Fsp3) is 0.235. The molecule has 0 saturated carbocycles. The topological polar surface area (TPSA) is 26.3 Å². The van der Waals surface area contributed by atoms with E-state index in [1.165, 1.54) is 11.1 Å². The summed E-state index contributed by atoms with van der Waals surface area (Å²) in [7, 11) is 0. The number of hydrogen-bond acceptors (Lipinski definition) is 2. The van der Waals surface area contributed by atoms with Gasteiger partial charge in [0.25, 0.3) is 0 Å². The van der Waals surface area contributed by atoms with Gasteiger partial charge in [-0.25, -0.2) is 0 Å². The summed E-state index contributed by atoms with van der Waals surface area (Å²) in [5, 5.41) is 0. The fourth-order valence-electron chi connectivity index (χ4n) is 2.53. The van der Waals surface area contributed by atoms with E-state index in [9.17, 15) is 4.79 Å². The third kappa shape index (κ3) is 2.03. The van der Waals surface area contributed by atoms with Gasteiger partial charge in [-0.15, -0.1) is 0 Å². The fourth-order valence-corrected chi connectivity index (χ4v) is 2.53. The Morgan fingerprint density at radius 3 is 2.16 bits per heavy atom. The zero-order valence-corrected chi connectivity index (χ0v) is 10.9. The summed E-state index contributed by atoms with van der Waals surface area (Å²) >= 11 is 0. The minimum atomic E-state index is -0.477. The number of ether oxygens (including phenoxy) is 1. The number of rotatable bonds is 2. The zero-order valence-electron chi connectivity index (χ0n) is 10.9. The van der Waals surface area contributed by atoms with Gasteiger partial charge in [0.2, 0.25) is 0 Å². The third-order valence-corrected chi connectivity index (χ3v) is 3.91. The van der Waals surface area contributed by atoms with Crippen LogP contribution in [0.25, 0.3) is 11.1 Å². The maximum absolute atomic E-state index is 11.8. The molecule has 0 aliphatic carbocycles. The van der Waals surface area contributed by atoms with Gasteiger partial charge in [0, 0.05) is 6.42 Å². The molecule has 0 spiro atoms. The second-order valence-electron chi connectivity index (χ2n) is 5.16. The van der Waals surface area contributed by atoms with E-state index >= 15 is 0 Å². The Labute approximate surface area is 113 Å². The lowest BCUT2D eigenvalue weighted by molar-refractivity contribution is -0.142. The molecule has 2 aromatic rings. The van der Waals surface area contributed by atoms with Crippen molar-refractivity contribution in [3.63, 3.8) is 0 Å². The largest absolute Gasteiger partial charge is 0.465 e. The van der Waals surface area contributed by atoms with Crippen molar-refractivity contribution >= 4 is 5.97 Å². The second kappa shape index (κ2) is 4.54. The highest BCUT2D eigenvalue weighted by Gasteiger charge is 2.41. The van der Waals surface area contributed by atoms with E-state index in [4.69, 9.17) is 4.74 Å². The maximum Gasteiger partial charge on any atom is 0.316 e. The van der Waals surface area contributed by atoms with Gasteiger partial charge in [-0.3, -0.25) is 4.79 Å². The van der Waals surface area contributed by atoms with E-state index in [1.807, 2.05) is 37.3 Å². The third-order valence-electron chi connectivity index (χ3n) is 3.91. The van der Waals surface area contributed by atoms with E-state index in [-0.39, 0.29) is 5.97 Å². The normalized spacial score (nSPS) is 22.3. The molecule has 1 atom stereocenters. The van der Waals surface area contributed by atoms with Crippen LogP contribution in [0.4, 0.5) is 0 Å². The van der Waals surface area contributed by atoms with E-state index in [1.54, 1.807) is 0 Å². The summed E-state index contributed by atoms with van der Waals surface area (Å²) < 4.78 is 5.10. The highest BCUT2D eigenvalue weighted by atomic mass is 16.5. The Morgan fingerprint density at radius 2 is 1.58 bits per heavy atom. The average Bonchev–Trinajstić information content (AvgIpc) is 2.81. The van der Waals surface area contributed by atoms with Gasteiger partial charge in [-0.05, 0) is 23.6 Å². The number of cyclic esters (lactones) is 1. The number of esters is 1.